The third-order valence-corrected chi connectivity index (χ3v) is 4.38. The summed E-state index contributed by atoms with van der Waals surface area (Å²) in [4.78, 5) is 35.7. The van der Waals surface area contributed by atoms with Crippen LogP contribution in [0.5, 0.6) is 0 Å². The number of ether oxygens (including phenoxy) is 1. The van der Waals surface area contributed by atoms with Gasteiger partial charge in [0.1, 0.15) is 6.54 Å². The Hall–Kier alpha value is -3.87. The second-order valence-corrected chi connectivity index (χ2v) is 6.38. The van der Waals surface area contributed by atoms with E-state index in [2.05, 4.69) is 15.4 Å². The normalized spacial score (nSPS) is 10.3. The molecule has 1 heterocycles. The number of hydrogen-bond acceptors (Lipinski definition) is 4. The number of hydrogen-bond donors (Lipinski definition) is 2. The highest BCUT2D eigenvalue weighted by Gasteiger charge is 2.11. The topological polar surface area (TPSA) is 89.4 Å². The van der Waals surface area contributed by atoms with Gasteiger partial charge >= 0.3 is 5.97 Å². The van der Waals surface area contributed by atoms with Gasteiger partial charge in [0.25, 0.3) is 11.8 Å². The predicted molar refractivity (Wildman–Crippen MR) is 109 cm³/mol. The molecular weight excluding hydrogens is 370 g/mol. The van der Waals surface area contributed by atoms with Crippen LogP contribution >= 0.6 is 0 Å². The van der Waals surface area contributed by atoms with Gasteiger partial charge in [-0.2, -0.15) is 0 Å². The van der Waals surface area contributed by atoms with Gasteiger partial charge in [-0.15, -0.1) is 0 Å². The van der Waals surface area contributed by atoms with E-state index >= 15 is 0 Å². The second-order valence-electron chi connectivity index (χ2n) is 6.38. The van der Waals surface area contributed by atoms with Crippen molar-refractivity contribution in [2.45, 2.75) is 6.92 Å². The molecule has 29 heavy (non-hydrogen) atoms. The predicted octanol–water partition coefficient (Wildman–Crippen LogP) is 2.94. The van der Waals surface area contributed by atoms with E-state index in [0.717, 1.165) is 11.3 Å². The summed E-state index contributed by atoms with van der Waals surface area (Å²) in [6.45, 7) is 1.78. The number of esters is 1. The Morgan fingerprint density at radius 2 is 1.59 bits per heavy atom. The van der Waals surface area contributed by atoms with Crippen molar-refractivity contribution >= 4 is 23.5 Å². The van der Waals surface area contributed by atoms with Crippen LogP contribution in [0.25, 0.3) is 5.69 Å². The molecule has 2 aromatic carbocycles. The van der Waals surface area contributed by atoms with Crippen LogP contribution in [0, 0.1) is 6.92 Å². The highest BCUT2D eigenvalue weighted by Crippen LogP contribution is 2.18. The first kappa shape index (κ1) is 19.9. The number of rotatable bonds is 6. The zero-order valence-corrected chi connectivity index (χ0v) is 16.1. The number of anilines is 1. The van der Waals surface area contributed by atoms with Crippen molar-refractivity contribution in [3.05, 3.63) is 83.7 Å². The van der Waals surface area contributed by atoms with Crippen molar-refractivity contribution in [1.29, 1.82) is 0 Å². The zero-order chi connectivity index (χ0) is 20.8. The number of aromatic nitrogens is 1. The summed E-state index contributed by atoms with van der Waals surface area (Å²) >= 11 is 0. The van der Waals surface area contributed by atoms with Gasteiger partial charge in [-0.25, -0.2) is 0 Å². The van der Waals surface area contributed by atoms with Crippen molar-refractivity contribution in [2.24, 2.45) is 0 Å². The van der Waals surface area contributed by atoms with Crippen molar-refractivity contribution in [3.8, 4) is 5.69 Å². The Labute approximate surface area is 168 Å². The van der Waals surface area contributed by atoms with Crippen LogP contribution < -0.4 is 10.6 Å². The van der Waals surface area contributed by atoms with Crippen LogP contribution in [0.3, 0.4) is 0 Å². The molecule has 0 aliphatic rings. The van der Waals surface area contributed by atoms with Crippen molar-refractivity contribution in [2.75, 3.05) is 19.0 Å². The molecule has 1 aromatic heterocycles. The Kier molecular flexibility index (Phi) is 6.09. The number of carbonyl (C=O) groups is 3. The van der Waals surface area contributed by atoms with E-state index in [4.69, 9.17) is 0 Å². The maximum atomic E-state index is 12.6. The Bertz CT molecular complexity index is 1020. The van der Waals surface area contributed by atoms with Gasteiger partial charge < -0.3 is 19.9 Å². The summed E-state index contributed by atoms with van der Waals surface area (Å²) in [6, 6.07) is 15.8. The number of carbonyl (C=O) groups excluding carboxylic acids is 3. The molecule has 2 N–H and O–H groups in total. The standard InChI is InChI=1S/C22H21N3O4/c1-15-5-6-17(13-19(15)25-11-3-4-12-25)22(28)24-18-9-7-16(8-10-18)21(27)23-14-20(26)29-2/h3-13H,14H2,1-2H3,(H,23,27)(H,24,28). The molecule has 0 spiro atoms. The molecule has 0 atom stereocenters. The molecule has 0 radical (unpaired) electrons. The smallest absolute Gasteiger partial charge is 0.325 e. The lowest BCUT2D eigenvalue weighted by molar-refractivity contribution is -0.139. The number of amides is 2. The molecule has 0 aliphatic carbocycles. The van der Waals surface area contributed by atoms with Gasteiger partial charge in [-0.1, -0.05) is 6.07 Å². The third-order valence-electron chi connectivity index (χ3n) is 4.38. The first-order valence-electron chi connectivity index (χ1n) is 8.98. The average molecular weight is 391 g/mol. The fourth-order valence-electron chi connectivity index (χ4n) is 2.76. The molecule has 7 heteroatoms. The minimum atomic E-state index is -0.528. The molecule has 3 rings (SSSR count). The maximum Gasteiger partial charge on any atom is 0.325 e. The van der Waals surface area contributed by atoms with E-state index < -0.39 is 11.9 Å². The molecule has 148 valence electrons. The minimum absolute atomic E-state index is 0.203. The summed E-state index contributed by atoms with van der Waals surface area (Å²) in [6.07, 6.45) is 3.85. The van der Waals surface area contributed by atoms with Gasteiger partial charge in [-0.05, 0) is 61.0 Å². The molecule has 2 amide bonds. The lowest BCUT2D eigenvalue weighted by Gasteiger charge is -2.11. The second kappa shape index (κ2) is 8.88. The molecule has 0 aliphatic heterocycles. The summed E-state index contributed by atoms with van der Waals surface area (Å²) in [5, 5.41) is 5.28. The molecule has 0 saturated carbocycles. The Balaban J connectivity index is 1.67. The number of methoxy groups -OCH3 is 1. The number of benzene rings is 2. The van der Waals surface area contributed by atoms with E-state index in [-0.39, 0.29) is 12.5 Å². The van der Waals surface area contributed by atoms with Gasteiger partial charge in [0.05, 0.1) is 7.11 Å². The average Bonchev–Trinajstić information content (AvgIpc) is 3.27. The molecule has 0 saturated heterocycles. The third kappa shape index (κ3) is 4.90. The van der Waals surface area contributed by atoms with E-state index in [1.165, 1.54) is 7.11 Å². The quantitative estimate of drug-likeness (QED) is 0.632. The largest absolute Gasteiger partial charge is 0.468 e. The SMILES string of the molecule is COC(=O)CNC(=O)c1ccc(NC(=O)c2ccc(C)c(-n3cccc3)c2)cc1. The van der Waals surface area contributed by atoms with E-state index in [9.17, 15) is 14.4 Å². The van der Waals surface area contributed by atoms with Gasteiger partial charge in [0.15, 0.2) is 0 Å². The van der Waals surface area contributed by atoms with Crippen LogP contribution in [0.4, 0.5) is 5.69 Å². The minimum Gasteiger partial charge on any atom is -0.468 e. The van der Waals surface area contributed by atoms with Crippen molar-refractivity contribution in [1.82, 2.24) is 9.88 Å². The monoisotopic (exact) mass is 391 g/mol. The highest BCUT2D eigenvalue weighted by molar-refractivity contribution is 6.05. The first-order valence-corrected chi connectivity index (χ1v) is 8.98. The maximum absolute atomic E-state index is 12.6. The lowest BCUT2D eigenvalue weighted by Crippen LogP contribution is -2.30. The molecule has 0 unspecified atom stereocenters. The van der Waals surface area contributed by atoms with E-state index in [0.29, 0.717) is 16.8 Å². The fourth-order valence-corrected chi connectivity index (χ4v) is 2.76. The number of aryl methyl sites for hydroxylation is 1. The van der Waals surface area contributed by atoms with Crippen LogP contribution in [0.2, 0.25) is 0 Å². The van der Waals surface area contributed by atoms with E-state index in [1.807, 2.05) is 48.1 Å². The van der Waals surface area contributed by atoms with Crippen molar-refractivity contribution < 1.29 is 19.1 Å². The van der Waals surface area contributed by atoms with Crippen molar-refractivity contribution in [3.63, 3.8) is 0 Å². The summed E-state index contributed by atoms with van der Waals surface area (Å²) < 4.78 is 6.43. The van der Waals surface area contributed by atoms with Gasteiger partial charge in [-0.3, -0.25) is 14.4 Å². The Morgan fingerprint density at radius 1 is 0.931 bits per heavy atom. The summed E-state index contributed by atoms with van der Waals surface area (Å²) in [7, 11) is 1.25. The lowest BCUT2D eigenvalue weighted by atomic mass is 10.1. The number of nitrogens with zero attached hydrogens (tertiary/aromatic N) is 1. The van der Waals surface area contributed by atoms with E-state index in [1.54, 1.807) is 30.3 Å². The molecule has 7 nitrogen and oxygen atoms in total. The van der Waals surface area contributed by atoms with Crippen LogP contribution in [-0.4, -0.2) is 36.0 Å². The zero-order valence-electron chi connectivity index (χ0n) is 16.1. The number of nitrogens with one attached hydrogen (secondary N) is 2. The highest BCUT2D eigenvalue weighted by atomic mass is 16.5. The van der Waals surface area contributed by atoms with Crippen LogP contribution in [-0.2, 0) is 9.53 Å². The van der Waals surface area contributed by atoms with Gasteiger partial charge in [0, 0.05) is 34.9 Å². The first-order chi connectivity index (χ1) is 14.0. The van der Waals surface area contributed by atoms with Gasteiger partial charge in [0.2, 0.25) is 0 Å². The van der Waals surface area contributed by atoms with Crippen LogP contribution in [0.1, 0.15) is 26.3 Å². The summed E-state index contributed by atoms with van der Waals surface area (Å²) in [5.41, 5.74) is 3.44. The fraction of sp³-hybridized carbons (Fsp3) is 0.136. The Morgan fingerprint density at radius 3 is 2.24 bits per heavy atom. The molecular formula is C22H21N3O4. The summed E-state index contributed by atoms with van der Waals surface area (Å²) in [5.74, 6) is -1.18. The van der Waals surface area contributed by atoms with Crippen LogP contribution in [0.15, 0.2) is 67.0 Å². The molecule has 0 bridgehead atoms. The molecule has 0 fully saturated rings. The molecule has 3 aromatic rings.